The molecule has 0 aliphatic heterocycles. The molecule has 5 heteroatoms. The maximum atomic E-state index is 11.7. The van der Waals surface area contributed by atoms with E-state index in [2.05, 4.69) is 10.6 Å². The van der Waals surface area contributed by atoms with Crippen LogP contribution in [0.5, 0.6) is 0 Å². The second-order valence-electron chi connectivity index (χ2n) is 4.55. The Morgan fingerprint density at radius 2 is 1.90 bits per heavy atom. The van der Waals surface area contributed by atoms with Crippen molar-refractivity contribution >= 4 is 11.8 Å². The van der Waals surface area contributed by atoms with E-state index in [1.165, 1.54) is 0 Å². The highest BCUT2D eigenvalue weighted by Gasteiger charge is 2.03. The van der Waals surface area contributed by atoms with E-state index < -0.39 is 0 Å². The van der Waals surface area contributed by atoms with Crippen molar-refractivity contribution in [2.45, 2.75) is 26.2 Å². The van der Waals surface area contributed by atoms with Gasteiger partial charge >= 0.3 is 0 Å². The van der Waals surface area contributed by atoms with Crippen molar-refractivity contribution in [2.24, 2.45) is 0 Å². The number of nitrogens with zero attached hydrogens (tertiary/aromatic N) is 1. The van der Waals surface area contributed by atoms with Crippen molar-refractivity contribution in [3.8, 4) is 6.07 Å². The third-order valence-corrected chi connectivity index (χ3v) is 2.68. The molecule has 5 nitrogen and oxygen atoms in total. The summed E-state index contributed by atoms with van der Waals surface area (Å²) >= 11 is 0. The molecule has 2 amide bonds. The van der Waals surface area contributed by atoms with Crippen LogP contribution in [0.4, 0.5) is 0 Å². The van der Waals surface area contributed by atoms with Crippen LogP contribution in [0.15, 0.2) is 24.3 Å². The maximum Gasteiger partial charge on any atom is 0.234 e. The summed E-state index contributed by atoms with van der Waals surface area (Å²) in [5.41, 5.74) is 2.13. The van der Waals surface area contributed by atoms with Gasteiger partial charge in [-0.25, -0.2) is 0 Å². The highest BCUT2D eigenvalue weighted by Crippen LogP contribution is 2.04. The van der Waals surface area contributed by atoms with Gasteiger partial charge in [0.2, 0.25) is 11.8 Å². The second-order valence-corrected chi connectivity index (χ2v) is 4.55. The number of hydrogen-bond acceptors (Lipinski definition) is 3. The first kappa shape index (κ1) is 15.7. The van der Waals surface area contributed by atoms with E-state index >= 15 is 0 Å². The number of carbonyl (C=O) groups excluding carboxylic acids is 2. The van der Waals surface area contributed by atoms with Gasteiger partial charge < -0.3 is 10.6 Å². The van der Waals surface area contributed by atoms with Gasteiger partial charge in [-0.1, -0.05) is 29.8 Å². The highest BCUT2D eigenvalue weighted by atomic mass is 16.2. The minimum Gasteiger partial charge on any atom is -0.356 e. The van der Waals surface area contributed by atoms with E-state index in [1.807, 2.05) is 31.2 Å². The molecule has 1 rings (SSSR count). The minimum absolute atomic E-state index is 0.0287. The molecule has 0 saturated heterocycles. The van der Waals surface area contributed by atoms with Crippen molar-refractivity contribution in [3.05, 3.63) is 35.4 Å². The van der Waals surface area contributed by atoms with E-state index in [4.69, 9.17) is 5.26 Å². The van der Waals surface area contributed by atoms with Crippen LogP contribution in [0.3, 0.4) is 0 Å². The van der Waals surface area contributed by atoms with Gasteiger partial charge in [-0.15, -0.1) is 0 Å². The van der Waals surface area contributed by atoms with Gasteiger partial charge in [-0.3, -0.25) is 9.59 Å². The van der Waals surface area contributed by atoms with E-state index in [-0.39, 0.29) is 18.2 Å². The number of hydrogen-bond donors (Lipinski definition) is 2. The van der Waals surface area contributed by atoms with Crippen molar-refractivity contribution in [1.29, 1.82) is 5.26 Å². The third-order valence-electron chi connectivity index (χ3n) is 2.68. The molecular weight excluding hydrogens is 254 g/mol. The van der Waals surface area contributed by atoms with Gasteiger partial charge in [0.1, 0.15) is 6.42 Å². The fourth-order valence-electron chi connectivity index (χ4n) is 1.75. The molecule has 0 aliphatic carbocycles. The Hall–Kier alpha value is -2.35. The van der Waals surface area contributed by atoms with Crippen LogP contribution in [0.25, 0.3) is 0 Å². The summed E-state index contributed by atoms with van der Waals surface area (Å²) in [6.45, 7) is 2.97. The first-order valence-electron chi connectivity index (χ1n) is 6.57. The highest BCUT2D eigenvalue weighted by molar-refractivity contribution is 5.78. The van der Waals surface area contributed by atoms with Crippen molar-refractivity contribution in [3.63, 3.8) is 0 Å². The molecule has 0 fully saturated rings. The van der Waals surface area contributed by atoms with Crippen molar-refractivity contribution in [2.75, 3.05) is 13.1 Å². The van der Waals surface area contributed by atoms with Gasteiger partial charge in [0.25, 0.3) is 0 Å². The number of amides is 2. The van der Waals surface area contributed by atoms with E-state index in [9.17, 15) is 9.59 Å². The molecule has 0 radical (unpaired) electrons. The Bertz CT molecular complexity index is 506. The predicted octanol–water partition coefficient (Wildman–Crippen LogP) is 1.07. The van der Waals surface area contributed by atoms with Gasteiger partial charge in [0.15, 0.2) is 0 Å². The Morgan fingerprint density at radius 3 is 2.55 bits per heavy atom. The van der Waals surface area contributed by atoms with Crippen LogP contribution < -0.4 is 10.6 Å². The molecule has 0 bridgehead atoms. The Labute approximate surface area is 119 Å². The molecule has 0 atom stereocenters. The minimum atomic E-state index is -0.279. The van der Waals surface area contributed by atoms with E-state index in [0.717, 1.165) is 11.1 Å². The number of benzene rings is 1. The fraction of sp³-hybridized carbons (Fsp3) is 0.400. The molecule has 0 unspecified atom stereocenters. The summed E-state index contributed by atoms with van der Waals surface area (Å²) in [6, 6.07) is 9.61. The molecular formula is C15H19N3O2. The van der Waals surface area contributed by atoms with Gasteiger partial charge in [-0.05, 0) is 18.9 Å². The van der Waals surface area contributed by atoms with Crippen LogP contribution in [0.1, 0.15) is 24.0 Å². The molecule has 20 heavy (non-hydrogen) atoms. The lowest BCUT2D eigenvalue weighted by atomic mass is 10.1. The van der Waals surface area contributed by atoms with Gasteiger partial charge in [-0.2, -0.15) is 5.26 Å². The van der Waals surface area contributed by atoms with Crippen LogP contribution in [0, 0.1) is 18.3 Å². The summed E-state index contributed by atoms with van der Waals surface area (Å²) in [5.74, 6) is -0.308. The summed E-state index contributed by atoms with van der Waals surface area (Å²) in [6.07, 6.45) is 0.888. The number of nitriles is 1. The smallest absolute Gasteiger partial charge is 0.234 e. The SMILES string of the molecule is Cc1cccc(CC(=O)NCCCNC(=O)CC#N)c1. The molecule has 0 aliphatic rings. The molecule has 0 spiro atoms. The fourth-order valence-corrected chi connectivity index (χ4v) is 1.75. The Kier molecular flexibility index (Phi) is 6.83. The maximum absolute atomic E-state index is 11.7. The lowest BCUT2D eigenvalue weighted by Crippen LogP contribution is -2.30. The largest absolute Gasteiger partial charge is 0.356 e. The Morgan fingerprint density at radius 1 is 1.20 bits per heavy atom. The molecule has 1 aromatic rings. The van der Waals surface area contributed by atoms with Crippen LogP contribution >= 0.6 is 0 Å². The van der Waals surface area contributed by atoms with Crippen LogP contribution in [0.2, 0.25) is 0 Å². The zero-order valence-corrected chi connectivity index (χ0v) is 11.6. The number of aryl methyl sites for hydroxylation is 1. The Balaban J connectivity index is 2.15. The molecule has 0 heterocycles. The zero-order chi connectivity index (χ0) is 14.8. The number of carbonyl (C=O) groups is 2. The molecule has 106 valence electrons. The van der Waals surface area contributed by atoms with Crippen LogP contribution in [-0.4, -0.2) is 24.9 Å². The van der Waals surface area contributed by atoms with Crippen molar-refractivity contribution in [1.82, 2.24) is 10.6 Å². The normalized spacial score (nSPS) is 9.60. The molecule has 1 aromatic carbocycles. The lowest BCUT2D eigenvalue weighted by molar-refractivity contribution is -0.120. The van der Waals surface area contributed by atoms with Gasteiger partial charge in [0.05, 0.1) is 12.5 Å². The summed E-state index contributed by atoms with van der Waals surface area (Å²) in [5, 5.41) is 13.7. The third kappa shape index (κ3) is 6.55. The first-order valence-corrected chi connectivity index (χ1v) is 6.57. The van der Waals surface area contributed by atoms with E-state index in [1.54, 1.807) is 6.07 Å². The number of nitrogens with one attached hydrogen (secondary N) is 2. The lowest BCUT2D eigenvalue weighted by Gasteiger charge is -2.06. The van der Waals surface area contributed by atoms with Crippen LogP contribution in [-0.2, 0) is 16.0 Å². The average Bonchev–Trinajstić information content (AvgIpc) is 2.38. The van der Waals surface area contributed by atoms with Gasteiger partial charge in [0, 0.05) is 13.1 Å². The molecule has 0 saturated carbocycles. The first-order chi connectivity index (χ1) is 9.61. The predicted molar refractivity (Wildman–Crippen MR) is 75.7 cm³/mol. The molecule has 2 N–H and O–H groups in total. The summed E-state index contributed by atoms with van der Waals surface area (Å²) in [7, 11) is 0. The van der Waals surface area contributed by atoms with E-state index in [0.29, 0.717) is 25.9 Å². The topological polar surface area (TPSA) is 82.0 Å². The average molecular weight is 273 g/mol. The zero-order valence-electron chi connectivity index (χ0n) is 11.6. The number of rotatable bonds is 7. The summed E-state index contributed by atoms with van der Waals surface area (Å²) < 4.78 is 0. The molecule has 0 aromatic heterocycles. The standard InChI is InChI=1S/C15H19N3O2/c1-12-4-2-5-13(10-12)11-15(20)18-9-3-8-17-14(19)6-7-16/h2,4-5,10H,3,6,8-9,11H2,1H3,(H,17,19)(H,18,20). The van der Waals surface area contributed by atoms with Crippen molar-refractivity contribution < 1.29 is 9.59 Å². The monoisotopic (exact) mass is 273 g/mol. The quantitative estimate of drug-likeness (QED) is 0.729. The summed E-state index contributed by atoms with van der Waals surface area (Å²) in [4.78, 5) is 22.7. The second kappa shape index (κ2) is 8.70.